The zero-order valence-corrected chi connectivity index (χ0v) is 22.0. The van der Waals surface area contributed by atoms with Crippen LogP contribution in [0.4, 0.5) is 0 Å². The number of hydrogen-bond donors (Lipinski definition) is 1. The number of carbonyl (C=O) groups is 1. The van der Waals surface area contributed by atoms with E-state index in [-0.39, 0.29) is 5.97 Å². The van der Waals surface area contributed by atoms with E-state index in [1.165, 1.54) is 17.7 Å². The molecule has 0 aliphatic rings. The highest BCUT2D eigenvalue weighted by atomic mass is 79.9. The largest absolute Gasteiger partial charge is 0.465 e. The van der Waals surface area contributed by atoms with E-state index in [0.29, 0.717) is 18.9 Å². The molecule has 1 atom stereocenters. The lowest BCUT2D eigenvalue weighted by atomic mass is 10.0. The van der Waals surface area contributed by atoms with Gasteiger partial charge in [-0.3, -0.25) is 4.79 Å². The normalized spacial score (nSPS) is 11.3. The molecule has 2 nitrogen and oxygen atoms in total. The molecule has 0 aliphatic heterocycles. The Morgan fingerprint density at radius 2 is 1.62 bits per heavy atom. The van der Waals surface area contributed by atoms with Crippen molar-refractivity contribution in [1.29, 1.82) is 0 Å². The number of ether oxygens (including phenoxy) is 1. The fourth-order valence-corrected chi connectivity index (χ4v) is 3.92. The Morgan fingerprint density at radius 1 is 1.03 bits per heavy atom. The number of rotatable bonds is 10. The van der Waals surface area contributed by atoms with Gasteiger partial charge in [-0.05, 0) is 60.9 Å². The van der Waals surface area contributed by atoms with Crippen LogP contribution >= 0.6 is 56.3 Å². The lowest BCUT2D eigenvalue weighted by Gasteiger charge is -2.14. The molecule has 1 unspecified atom stereocenters. The van der Waals surface area contributed by atoms with Crippen LogP contribution in [0.3, 0.4) is 0 Å². The number of benzene rings is 2. The van der Waals surface area contributed by atoms with Gasteiger partial charge in [0.25, 0.3) is 0 Å². The van der Waals surface area contributed by atoms with Gasteiger partial charge in [0.1, 0.15) is 0 Å². The maximum absolute atomic E-state index is 11.7. The molecular formula is C23H30Br2O2S2. The fourth-order valence-electron chi connectivity index (χ4n) is 2.41. The van der Waals surface area contributed by atoms with Crippen LogP contribution in [-0.4, -0.2) is 18.3 Å². The van der Waals surface area contributed by atoms with Crippen LogP contribution in [0.2, 0.25) is 0 Å². The van der Waals surface area contributed by atoms with Crippen LogP contribution in [0.1, 0.15) is 46.0 Å². The molecule has 2 aromatic carbocycles. The summed E-state index contributed by atoms with van der Waals surface area (Å²) >= 11 is 12.5. The molecule has 0 amide bonds. The van der Waals surface area contributed by atoms with Crippen LogP contribution in [0.15, 0.2) is 67.3 Å². The molecule has 0 aromatic heterocycles. The average molecular weight is 562 g/mol. The van der Waals surface area contributed by atoms with Gasteiger partial charge in [-0.1, -0.05) is 65.0 Å². The van der Waals surface area contributed by atoms with Crippen LogP contribution in [0.25, 0.3) is 0 Å². The van der Waals surface area contributed by atoms with Crippen LogP contribution in [0.5, 0.6) is 0 Å². The first-order valence-electron chi connectivity index (χ1n) is 9.93. The fraction of sp³-hybridized carbons (Fsp3) is 0.435. The lowest BCUT2D eigenvalue weighted by molar-refractivity contribution is -0.144. The molecule has 6 heteroatoms. The summed E-state index contributed by atoms with van der Waals surface area (Å²) in [7, 11) is 0. The molecular weight excluding hydrogens is 532 g/mol. The smallest absolute Gasteiger partial charge is 0.306 e. The highest BCUT2D eigenvalue weighted by Crippen LogP contribution is 2.21. The topological polar surface area (TPSA) is 26.3 Å². The first kappa shape index (κ1) is 26.6. The van der Waals surface area contributed by atoms with Gasteiger partial charge in [0.2, 0.25) is 0 Å². The van der Waals surface area contributed by atoms with E-state index in [0.717, 1.165) is 32.4 Å². The number of esters is 1. The maximum atomic E-state index is 11.7. The number of hydrogen-bond acceptors (Lipinski definition) is 4. The molecule has 29 heavy (non-hydrogen) atoms. The quantitative estimate of drug-likeness (QED) is 0.179. The molecule has 2 aromatic rings. The van der Waals surface area contributed by atoms with Gasteiger partial charge in [-0.2, -0.15) is 0 Å². The first-order chi connectivity index (χ1) is 13.9. The second-order valence-corrected chi connectivity index (χ2v) is 10.1. The molecule has 160 valence electrons. The first-order valence-corrected chi connectivity index (χ1v) is 12.9. The molecule has 0 fully saturated rings. The van der Waals surface area contributed by atoms with E-state index in [1.54, 1.807) is 11.8 Å². The summed E-state index contributed by atoms with van der Waals surface area (Å²) in [6.07, 6.45) is 5.14. The summed E-state index contributed by atoms with van der Waals surface area (Å²) in [5.74, 6) is 1.22. The van der Waals surface area contributed by atoms with Gasteiger partial charge in [-0.15, -0.1) is 24.4 Å². The molecule has 0 saturated heterocycles. The summed E-state index contributed by atoms with van der Waals surface area (Å²) in [5, 5.41) is 0. The Morgan fingerprint density at radius 3 is 2.14 bits per heavy atom. The van der Waals surface area contributed by atoms with Crippen molar-refractivity contribution >= 4 is 62.2 Å². The minimum atomic E-state index is -0.0745. The van der Waals surface area contributed by atoms with Crippen molar-refractivity contribution in [3.05, 3.63) is 57.5 Å². The molecule has 0 spiro atoms. The Bertz CT molecular complexity index is 670. The van der Waals surface area contributed by atoms with E-state index in [2.05, 4.69) is 70.5 Å². The predicted molar refractivity (Wildman–Crippen MR) is 135 cm³/mol. The van der Waals surface area contributed by atoms with E-state index in [1.807, 2.05) is 36.4 Å². The molecule has 0 aliphatic carbocycles. The van der Waals surface area contributed by atoms with Crippen molar-refractivity contribution in [2.75, 3.05) is 12.4 Å². The summed E-state index contributed by atoms with van der Waals surface area (Å²) in [6, 6.07) is 15.9. The Labute approximate surface area is 202 Å². The van der Waals surface area contributed by atoms with Crippen LogP contribution in [0, 0.1) is 5.92 Å². The van der Waals surface area contributed by atoms with Crippen molar-refractivity contribution in [2.24, 2.45) is 5.92 Å². The Hall–Kier alpha value is -0.430. The molecule has 2 rings (SSSR count). The number of thioether (sulfide) groups is 1. The molecule has 0 radical (unpaired) electrons. The number of carbonyl (C=O) groups excluding carboxylic acids is 1. The standard InChI is InChI=1S/C17H25BrO2S.C6H5BrS/c1-3-5-6-14(4-2)13-20-17(19)11-12-21-16-9-7-15(18)8-10-16;7-5-1-3-6(8)4-2-5/h7-10,14H,3-6,11-13H2,1-2H3;1-4,8H. The summed E-state index contributed by atoms with van der Waals surface area (Å²) in [4.78, 5) is 13.9. The maximum Gasteiger partial charge on any atom is 0.306 e. The van der Waals surface area contributed by atoms with E-state index >= 15 is 0 Å². The van der Waals surface area contributed by atoms with Gasteiger partial charge in [0, 0.05) is 24.5 Å². The van der Waals surface area contributed by atoms with E-state index in [9.17, 15) is 4.79 Å². The minimum absolute atomic E-state index is 0.0745. The second-order valence-electron chi connectivity index (χ2n) is 6.63. The van der Waals surface area contributed by atoms with Gasteiger partial charge >= 0.3 is 5.97 Å². The number of halogens is 2. The van der Waals surface area contributed by atoms with Gasteiger partial charge in [0.15, 0.2) is 0 Å². The van der Waals surface area contributed by atoms with Crippen molar-refractivity contribution in [3.8, 4) is 0 Å². The van der Waals surface area contributed by atoms with Crippen molar-refractivity contribution in [1.82, 2.24) is 0 Å². The predicted octanol–water partition coefficient (Wildman–Crippen LogP) is 8.43. The number of unbranched alkanes of at least 4 members (excludes halogenated alkanes) is 1. The summed E-state index contributed by atoms with van der Waals surface area (Å²) in [5.41, 5.74) is 0. The van der Waals surface area contributed by atoms with Crippen molar-refractivity contribution < 1.29 is 9.53 Å². The van der Waals surface area contributed by atoms with Gasteiger partial charge in [-0.25, -0.2) is 0 Å². The lowest BCUT2D eigenvalue weighted by Crippen LogP contribution is -2.14. The number of thiol groups is 1. The van der Waals surface area contributed by atoms with Crippen molar-refractivity contribution in [2.45, 2.75) is 55.7 Å². The molecule has 0 heterocycles. The molecule has 0 saturated carbocycles. The third kappa shape index (κ3) is 13.5. The highest BCUT2D eigenvalue weighted by molar-refractivity contribution is 9.10. The summed E-state index contributed by atoms with van der Waals surface area (Å²) < 4.78 is 7.56. The monoisotopic (exact) mass is 560 g/mol. The average Bonchev–Trinajstić information content (AvgIpc) is 2.72. The van der Waals surface area contributed by atoms with Crippen LogP contribution < -0.4 is 0 Å². The highest BCUT2D eigenvalue weighted by Gasteiger charge is 2.10. The SMILES string of the molecule is CCCCC(CC)COC(=O)CCSc1ccc(Br)cc1.Sc1ccc(Br)cc1. The third-order valence-electron chi connectivity index (χ3n) is 4.24. The summed E-state index contributed by atoms with van der Waals surface area (Å²) in [6.45, 7) is 4.94. The van der Waals surface area contributed by atoms with Crippen molar-refractivity contribution in [3.63, 3.8) is 0 Å². The third-order valence-corrected chi connectivity index (χ3v) is 6.61. The van der Waals surface area contributed by atoms with Gasteiger partial charge in [0.05, 0.1) is 13.0 Å². The zero-order valence-electron chi connectivity index (χ0n) is 17.1. The second kappa shape index (κ2) is 16.3. The van der Waals surface area contributed by atoms with E-state index in [4.69, 9.17) is 4.74 Å². The Kier molecular flexibility index (Phi) is 14.9. The van der Waals surface area contributed by atoms with Gasteiger partial charge < -0.3 is 4.74 Å². The zero-order chi connectivity index (χ0) is 21.5. The minimum Gasteiger partial charge on any atom is -0.465 e. The molecule has 0 N–H and O–H groups in total. The van der Waals surface area contributed by atoms with E-state index < -0.39 is 0 Å². The van der Waals surface area contributed by atoms with Crippen LogP contribution in [-0.2, 0) is 9.53 Å². The Balaban J connectivity index is 0.000000436. The molecule has 0 bridgehead atoms.